The first-order valence-electron chi connectivity index (χ1n) is 5.67. The molecule has 19 heavy (non-hydrogen) atoms. The lowest BCUT2D eigenvalue weighted by atomic mass is 10.1. The lowest BCUT2D eigenvalue weighted by Gasteiger charge is -2.10. The molecule has 0 amide bonds. The first kappa shape index (κ1) is 13.8. The Morgan fingerprint density at radius 1 is 0.895 bits per heavy atom. The number of para-hydroxylation sites is 1. The van der Waals surface area contributed by atoms with Gasteiger partial charge in [-0.15, -0.1) is 17.0 Å². The molecule has 0 spiro atoms. The molecule has 0 saturated carbocycles. The first-order valence-corrected chi connectivity index (χ1v) is 6.05. The minimum atomic E-state index is 0. The van der Waals surface area contributed by atoms with Crippen molar-refractivity contribution in [2.24, 2.45) is 0 Å². The number of benzene rings is 2. The van der Waals surface area contributed by atoms with E-state index in [0.29, 0.717) is 10.5 Å². The summed E-state index contributed by atoms with van der Waals surface area (Å²) in [6, 6.07) is 17.4. The maximum Gasteiger partial charge on any atom is 0.137 e. The molecule has 1 N–H and O–H groups in total. The van der Waals surface area contributed by atoms with Crippen LogP contribution in [0, 0.1) is 5.41 Å². The monoisotopic (exact) mass is 334 g/mol. The van der Waals surface area contributed by atoms with E-state index in [-0.39, 0.29) is 17.0 Å². The van der Waals surface area contributed by atoms with Gasteiger partial charge in [0, 0.05) is 11.6 Å². The van der Waals surface area contributed by atoms with Crippen LogP contribution in [0.15, 0.2) is 60.8 Å². The van der Waals surface area contributed by atoms with E-state index in [0.717, 1.165) is 16.5 Å². The Bertz CT molecular complexity index is 780. The number of rotatable bonds is 1. The van der Waals surface area contributed by atoms with Gasteiger partial charge in [-0.05, 0) is 23.6 Å². The van der Waals surface area contributed by atoms with Crippen LogP contribution in [0.4, 0.5) is 0 Å². The van der Waals surface area contributed by atoms with Crippen LogP contribution in [0.25, 0.3) is 16.5 Å². The summed E-state index contributed by atoms with van der Waals surface area (Å²) < 4.78 is 1.80. The van der Waals surface area contributed by atoms with E-state index in [4.69, 9.17) is 17.0 Å². The molecule has 0 unspecified atom stereocenters. The van der Waals surface area contributed by atoms with E-state index >= 15 is 0 Å². The van der Waals surface area contributed by atoms with Crippen molar-refractivity contribution in [1.82, 2.24) is 4.57 Å². The summed E-state index contributed by atoms with van der Waals surface area (Å²) >= 11 is 6.18. The van der Waals surface area contributed by atoms with E-state index in [1.165, 1.54) is 0 Å². The third-order valence-electron chi connectivity index (χ3n) is 2.97. The Hall–Kier alpha value is -1.58. The summed E-state index contributed by atoms with van der Waals surface area (Å²) in [6.07, 6.45) is 1.88. The maximum absolute atomic E-state index is 8.28. The highest BCUT2D eigenvalue weighted by Crippen LogP contribution is 2.19. The average Bonchev–Trinajstić information content (AvgIpc) is 2.41. The standard InChI is InChI=1S/C15H11ClN2.BrH/c16-13-7-3-4-8-14(13)18-10-9-11-5-1-2-6-12(11)15(18)17;/h1-10,17H;1H. The summed E-state index contributed by atoms with van der Waals surface area (Å²) in [4.78, 5) is 0. The van der Waals surface area contributed by atoms with E-state index < -0.39 is 0 Å². The van der Waals surface area contributed by atoms with Crippen molar-refractivity contribution in [2.45, 2.75) is 0 Å². The number of aromatic nitrogens is 1. The summed E-state index contributed by atoms with van der Waals surface area (Å²) in [5.41, 5.74) is 1.27. The number of hydrogen-bond acceptors (Lipinski definition) is 1. The molecule has 2 nitrogen and oxygen atoms in total. The minimum Gasteiger partial charge on any atom is -0.300 e. The van der Waals surface area contributed by atoms with Gasteiger partial charge in [-0.3, -0.25) is 5.41 Å². The first-order chi connectivity index (χ1) is 8.77. The third-order valence-corrected chi connectivity index (χ3v) is 3.29. The molecule has 0 aliphatic carbocycles. The lowest BCUT2D eigenvalue weighted by Crippen LogP contribution is -2.18. The number of halogens is 2. The number of fused-ring (bicyclic) bond motifs is 1. The Labute approximate surface area is 126 Å². The third kappa shape index (κ3) is 2.44. The summed E-state index contributed by atoms with van der Waals surface area (Å²) in [6.45, 7) is 0. The highest BCUT2D eigenvalue weighted by Gasteiger charge is 2.04. The normalized spacial score (nSPS) is 10.2. The van der Waals surface area contributed by atoms with Crippen molar-refractivity contribution in [2.75, 3.05) is 0 Å². The quantitative estimate of drug-likeness (QED) is 0.685. The van der Waals surface area contributed by atoms with Gasteiger partial charge in [0.15, 0.2) is 0 Å². The van der Waals surface area contributed by atoms with Gasteiger partial charge in [0.1, 0.15) is 5.49 Å². The maximum atomic E-state index is 8.28. The van der Waals surface area contributed by atoms with Gasteiger partial charge >= 0.3 is 0 Å². The molecule has 0 fully saturated rings. The molecule has 3 rings (SSSR count). The molecule has 3 aromatic rings. The highest BCUT2D eigenvalue weighted by atomic mass is 79.9. The predicted octanol–water partition coefficient (Wildman–Crippen LogP) is 4.34. The average molecular weight is 336 g/mol. The zero-order valence-electron chi connectivity index (χ0n) is 10.0. The second-order valence-corrected chi connectivity index (χ2v) is 4.48. The van der Waals surface area contributed by atoms with Crippen LogP contribution in [0.3, 0.4) is 0 Å². The number of pyridine rings is 1. The van der Waals surface area contributed by atoms with Crippen molar-refractivity contribution in [3.8, 4) is 5.69 Å². The largest absolute Gasteiger partial charge is 0.300 e. The van der Waals surface area contributed by atoms with Gasteiger partial charge in [0.05, 0.1) is 10.7 Å². The fourth-order valence-electron chi connectivity index (χ4n) is 2.06. The SMILES string of the molecule is Br.N=c1c2ccccc2ccn1-c1ccccc1Cl. The summed E-state index contributed by atoms with van der Waals surface area (Å²) in [7, 11) is 0. The van der Waals surface area contributed by atoms with Gasteiger partial charge < -0.3 is 4.57 Å². The second kappa shape index (κ2) is 5.59. The molecular formula is C15H12BrClN2. The molecule has 0 aliphatic heterocycles. The molecule has 2 aromatic carbocycles. The van der Waals surface area contributed by atoms with Crippen LogP contribution in [-0.4, -0.2) is 4.57 Å². The smallest absolute Gasteiger partial charge is 0.137 e. The zero-order valence-corrected chi connectivity index (χ0v) is 12.5. The van der Waals surface area contributed by atoms with Crippen molar-refractivity contribution in [3.63, 3.8) is 0 Å². The van der Waals surface area contributed by atoms with Crippen molar-refractivity contribution in [3.05, 3.63) is 71.3 Å². The molecule has 0 radical (unpaired) electrons. The summed E-state index contributed by atoms with van der Waals surface area (Å²) in [5.74, 6) is 0. The van der Waals surface area contributed by atoms with Crippen molar-refractivity contribution in [1.29, 1.82) is 5.41 Å². The molecular weight excluding hydrogens is 324 g/mol. The molecule has 0 saturated heterocycles. The van der Waals surface area contributed by atoms with Crippen LogP contribution >= 0.6 is 28.6 Å². The fourth-order valence-corrected chi connectivity index (χ4v) is 2.29. The molecule has 4 heteroatoms. The zero-order chi connectivity index (χ0) is 12.5. The van der Waals surface area contributed by atoms with Gasteiger partial charge in [0.25, 0.3) is 0 Å². The van der Waals surface area contributed by atoms with Gasteiger partial charge in [-0.25, -0.2) is 0 Å². The Balaban J connectivity index is 0.00000133. The molecule has 96 valence electrons. The van der Waals surface area contributed by atoms with E-state index in [9.17, 15) is 0 Å². The van der Waals surface area contributed by atoms with Crippen LogP contribution in [0.1, 0.15) is 0 Å². The Morgan fingerprint density at radius 2 is 1.58 bits per heavy atom. The van der Waals surface area contributed by atoms with Gasteiger partial charge in [-0.1, -0.05) is 48.0 Å². The topological polar surface area (TPSA) is 28.8 Å². The van der Waals surface area contributed by atoms with E-state index in [1.807, 2.05) is 60.8 Å². The summed E-state index contributed by atoms with van der Waals surface area (Å²) in [5, 5.41) is 10.9. The number of hydrogen-bond donors (Lipinski definition) is 1. The predicted molar refractivity (Wildman–Crippen MR) is 84.5 cm³/mol. The van der Waals surface area contributed by atoms with E-state index in [1.54, 1.807) is 4.57 Å². The lowest BCUT2D eigenvalue weighted by molar-refractivity contribution is 0.945. The van der Waals surface area contributed by atoms with Crippen LogP contribution in [0.2, 0.25) is 5.02 Å². The van der Waals surface area contributed by atoms with Gasteiger partial charge in [0.2, 0.25) is 0 Å². The van der Waals surface area contributed by atoms with Gasteiger partial charge in [-0.2, -0.15) is 0 Å². The number of nitrogens with zero attached hydrogens (tertiary/aromatic N) is 1. The van der Waals surface area contributed by atoms with Crippen molar-refractivity contribution < 1.29 is 0 Å². The van der Waals surface area contributed by atoms with Crippen LogP contribution in [-0.2, 0) is 0 Å². The Kier molecular flexibility index (Phi) is 4.08. The Morgan fingerprint density at radius 3 is 2.37 bits per heavy atom. The molecule has 0 atom stereocenters. The second-order valence-electron chi connectivity index (χ2n) is 4.07. The van der Waals surface area contributed by atoms with Crippen LogP contribution < -0.4 is 5.49 Å². The van der Waals surface area contributed by atoms with Crippen LogP contribution in [0.5, 0.6) is 0 Å². The molecule has 1 heterocycles. The molecule has 1 aromatic heterocycles. The minimum absolute atomic E-state index is 0. The molecule has 0 bridgehead atoms. The van der Waals surface area contributed by atoms with Crippen molar-refractivity contribution >= 4 is 39.4 Å². The number of nitrogens with one attached hydrogen (secondary N) is 1. The van der Waals surface area contributed by atoms with E-state index in [2.05, 4.69) is 0 Å². The highest BCUT2D eigenvalue weighted by molar-refractivity contribution is 8.93. The molecule has 0 aliphatic rings. The fraction of sp³-hybridized carbons (Fsp3) is 0.